The van der Waals surface area contributed by atoms with Gasteiger partial charge in [0.2, 0.25) is 5.88 Å². The molecule has 0 bridgehead atoms. The van der Waals surface area contributed by atoms with E-state index in [-0.39, 0.29) is 11.9 Å². The highest BCUT2D eigenvalue weighted by atomic mass is 35.5. The SMILES string of the molecule is Cc1noc(NC(=O)N2CCC(=Cc3cccc(Cl)c3)C(C)C2)c1C. The maximum Gasteiger partial charge on any atom is 0.324 e. The number of benzene rings is 1. The maximum absolute atomic E-state index is 12.5. The fraction of sp³-hybridized carbons (Fsp3) is 0.368. The molecule has 1 unspecified atom stereocenters. The van der Waals surface area contributed by atoms with Crippen molar-refractivity contribution in [2.75, 3.05) is 18.4 Å². The molecule has 0 aliphatic carbocycles. The first kappa shape index (κ1) is 17.5. The summed E-state index contributed by atoms with van der Waals surface area (Å²) >= 11 is 6.05. The lowest BCUT2D eigenvalue weighted by molar-refractivity contribution is 0.197. The fourth-order valence-electron chi connectivity index (χ4n) is 2.97. The van der Waals surface area contributed by atoms with Crippen LogP contribution >= 0.6 is 11.6 Å². The molecule has 132 valence electrons. The molecule has 0 radical (unpaired) electrons. The highest BCUT2D eigenvalue weighted by Crippen LogP contribution is 2.26. The van der Waals surface area contributed by atoms with Crippen LogP contribution in [-0.4, -0.2) is 29.2 Å². The van der Waals surface area contributed by atoms with Gasteiger partial charge in [-0.2, -0.15) is 0 Å². The molecule has 1 fully saturated rings. The van der Waals surface area contributed by atoms with Gasteiger partial charge >= 0.3 is 6.03 Å². The van der Waals surface area contributed by atoms with E-state index in [0.29, 0.717) is 19.0 Å². The number of aromatic nitrogens is 1. The first-order valence-corrected chi connectivity index (χ1v) is 8.76. The van der Waals surface area contributed by atoms with Crippen LogP contribution in [0.25, 0.3) is 6.08 Å². The predicted octanol–water partition coefficient (Wildman–Crippen LogP) is 4.90. The Labute approximate surface area is 152 Å². The molecule has 6 heteroatoms. The number of likely N-dealkylation sites (tertiary alicyclic amines) is 1. The maximum atomic E-state index is 12.5. The Kier molecular flexibility index (Phi) is 5.13. The monoisotopic (exact) mass is 359 g/mol. The minimum atomic E-state index is -0.145. The quantitative estimate of drug-likeness (QED) is 0.829. The van der Waals surface area contributed by atoms with Crippen LogP contribution in [-0.2, 0) is 0 Å². The van der Waals surface area contributed by atoms with Crippen molar-refractivity contribution < 1.29 is 9.32 Å². The van der Waals surface area contributed by atoms with Gasteiger partial charge in [0.15, 0.2) is 0 Å². The zero-order chi connectivity index (χ0) is 18.0. The van der Waals surface area contributed by atoms with Gasteiger partial charge in [-0.3, -0.25) is 5.32 Å². The average Bonchev–Trinajstić information content (AvgIpc) is 2.89. The number of rotatable bonds is 2. The van der Waals surface area contributed by atoms with E-state index in [4.69, 9.17) is 16.1 Å². The molecule has 1 aromatic heterocycles. The Hall–Kier alpha value is -2.27. The Morgan fingerprint density at radius 1 is 1.44 bits per heavy atom. The molecule has 1 aliphatic heterocycles. The molecule has 1 aliphatic rings. The Balaban J connectivity index is 1.65. The Morgan fingerprint density at radius 2 is 2.24 bits per heavy atom. The zero-order valence-electron chi connectivity index (χ0n) is 14.7. The van der Waals surface area contributed by atoms with Crippen molar-refractivity contribution in [1.29, 1.82) is 0 Å². The van der Waals surface area contributed by atoms with E-state index in [2.05, 4.69) is 23.5 Å². The summed E-state index contributed by atoms with van der Waals surface area (Å²) in [5, 5.41) is 7.41. The molecule has 3 rings (SSSR count). The van der Waals surface area contributed by atoms with Crippen molar-refractivity contribution in [3.8, 4) is 0 Å². The summed E-state index contributed by atoms with van der Waals surface area (Å²) in [4.78, 5) is 14.3. The summed E-state index contributed by atoms with van der Waals surface area (Å²) in [5.41, 5.74) is 4.08. The second-order valence-electron chi connectivity index (χ2n) is 6.52. The third-order valence-corrected chi connectivity index (χ3v) is 4.90. The third kappa shape index (κ3) is 4.04. The van der Waals surface area contributed by atoms with Crippen molar-refractivity contribution in [2.45, 2.75) is 27.2 Å². The Bertz CT molecular complexity index is 813. The molecule has 1 aromatic carbocycles. The molecule has 1 atom stereocenters. The first-order valence-electron chi connectivity index (χ1n) is 8.39. The number of nitrogens with one attached hydrogen (secondary N) is 1. The first-order chi connectivity index (χ1) is 11.9. The number of carbonyl (C=O) groups excluding carboxylic acids is 1. The number of piperidine rings is 1. The predicted molar refractivity (Wildman–Crippen MR) is 99.8 cm³/mol. The van der Waals surface area contributed by atoms with E-state index in [1.54, 1.807) is 0 Å². The summed E-state index contributed by atoms with van der Waals surface area (Å²) in [6, 6.07) is 7.67. The van der Waals surface area contributed by atoms with E-state index in [1.807, 2.05) is 43.0 Å². The van der Waals surface area contributed by atoms with Gasteiger partial charge in [0.25, 0.3) is 0 Å². The molecule has 5 nitrogen and oxygen atoms in total. The van der Waals surface area contributed by atoms with Crippen LogP contribution in [0.15, 0.2) is 34.4 Å². The number of carbonyl (C=O) groups is 1. The lowest BCUT2D eigenvalue weighted by Gasteiger charge is -2.33. The number of anilines is 1. The largest absolute Gasteiger partial charge is 0.338 e. The van der Waals surface area contributed by atoms with Gasteiger partial charge in [-0.1, -0.05) is 47.5 Å². The molecule has 2 aromatic rings. The lowest BCUT2D eigenvalue weighted by atomic mass is 9.91. The number of nitrogens with zero attached hydrogens (tertiary/aromatic N) is 2. The number of halogens is 1. The molecule has 1 saturated heterocycles. The van der Waals surface area contributed by atoms with Crippen molar-refractivity contribution in [1.82, 2.24) is 10.1 Å². The van der Waals surface area contributed by atoms with E-state index in [9.17, 15) is 4.79 Å². The van der Waals surface area contributed by atoms with E-state index < -0.39 is 0 Å². The smallest absolute Gasteiger partial charge is 0.324 e. The highest BCUT2D eigenvalue weighted by Gasteiger charge is 2.25. The van der Waals surface area contributed by atoms with Gasteiger partial charge in [0, 0.05) is 23.7 Å². The van der Waals surface area contributed by atoms with E-state index >= 15 is 0 Å². The van der Waals surface area contributed by atoms with Crippen molar-refractivity contribution in [3.63, 3.8) is 0 Å². The molecule has 0 spiro atoms. The number of amides is 2. The van der Waals surface area contributed by atoms with Gasteiger partial charge in [-0.05, 0) is 43.9 Å². The molecular weight excluding hydrogens is 338 g/mol. The van der Waals surface area contributed by atoms with Gasteiger partial charge in [0.1, 0.15) is 0 Å². The van der Waals surface area contributed by atoms with Crippen molar-refractivity contribution >= 4 is 29.6 Å². The summed E-state index contributed by atoms with van der Waals surface area (Å²) in [6.45, 7) is 7.22. The second kappa shape index (κ2) is 7.31. The summed E-state index contributed by atoms with van der Waals surface area (Å²) < 4.78 is 5.16. The number of urea groups is 1. The molecule has 25 heavy (non-hydrogen) atoms. The van der Waals surface area contributed by atoms with Gasteiger partial charge in [-0.15, -0.1) is 0 Å². The summed E-state index contributed by atoms with van der Waals surface area (Å²) in [6.07, 6.45) is 3.02. The molecular formula is C19H22ClN3O2. The number of aryl methyl sites for hydroxylation is 1. The zero-order valence-corrected chi connectivity index (χ0v) is 15.4. The standard InChI is InChI=1S/C19H22ClN3O2/c1-12-11-23(19(24)21-18-13(2)14(3)22-25-18)8-7-16(12)9-15-5-4-6-17(20)10-15/h4-6,9-10,12H,7-8,11H2,1-3H3,(H,21,24). The van der Waals surface area contributed by atoms with Crippen LogP contribution in [0.1, 0.15) is 30.2 Å². The minimum absolute atomic E-state index is 0.145. The van der Waals surface area contributed by atoms with Gasteiger partial charge < -0.3 is 9.42 Å². The molecule has 2 amide bonds. The van der Waals surface area contributed by atoms with Crippen LogP contribution in [0.3, 0.4) is 0 Å². The lowest BCUT2D eigenvalue weighted by Crippen LogP contribution is -2.42. The highest BCUT2D eigenvalue weighted by molar-refractivity contribution is 6.30. The van der Waals surface area contributed by atoms with Crippen molar-refractivity contribution in [3.05, 3.63) is 51.7 Å². The van der Waals surface area contributed by atoms with E-state index in [1.165, 1.54) is 5.57 Å². The number of hydrogen-bond acceptors (Lipinski definition) is 3. The minimum Gasteiger partial charge on any atom is -0.338 e. The van der Waals surface area contributed by atoms with E-state index in [0.717, 1.165) is 28.3 Å². The molecule has 1 N–H and O–H groups in total. The average molecular weight is 360 g/mol. The summed E-state index contributed by atoms with van der Waals surface area (Å²) in [7, 11) is 0. The van der Waals surface area contributed by atoms with Crippen molar-refractivity contribution in [2.24, 2.45) is 5.92 Å². The van der Waals surface area contributed by atoms with Crippen LogP contribution in [0.2, 0.25) is 5.02 Å². The van der Waals surface area contributed by atoms with Crippen LogP contribution in [0.5, 0.6) is 0 Å². The molecule has 2 heterocycles. The van der Waals surface area contributed by atoms with Gasteiger partial charge in [0.05, 0.1) is 5.69 Å². The summed E-state index contributed by atoms with van der Waals surface area (Å²) in [5.74, 6) is 0.714. The topological polar surface area (TPSA) is 58.4 Å². The van der Waals surface area contributed by atoms with Crippen LogP contribution in [0.4, 0.5) is 10.7 Å². The number of hydrogen-bond donors (Lipinski definition) is 1. The van der Waals surface area contributed by atoms with Gasteiger partial charge in [-0.25, -0.2) is 4.79 Å². The fourth-order valence-corrected chi connectivity index (χ4v) is 3.17. The van der Waals surface area contributed by atoms with Crippen LogP contribution in [0, 0.1) is 19.8 Å². The second-order valence-corrected chi connectivity index (χ2v) is 6.96. The Morgan fingerprint density at radius 3 is 2.88 bits per heavy atom. The normalized spacial score (nSPS) is 19.3. The molecule has 0 saturated carbocycles. The third-order valence-electron chi connectivity index (χ3n) is 4.66. The van der Waals surface area contributed by atoms with Crippen LogP contribution < -0.4 is 5.32 Å².